The Morgan fingerprint density at radius 3 is 1.70 bits per heavy atom. The predicted octanol–water partition coefficient (Wildman–Crippen LogP) is 4.89. The Kier molecular flexibility index (Phi) is 2.91. The minimum Gasteiger partial charge on any atom is -0.0622 e. The first-order valence-electron chi connectivity index (χ1n) is 7.94. The lowest BCUT2D eigenvalue weighted by molar-refractivity contribution is 0.423. The topological polar surface area (TPSA) is 0 Å². The van der Waals surface area contributed by atoms with Crippen LogP contribution in [0.15, 0.2) is 60.7 Å². The van der Waals surface area contributed by atoms with Gasteiger partial charge in [-0.25, -0.2) is 0 Å². The molecule has 0 heteroatoms. The van der Waals surface area contributed by atoms with E-state index in [1.165, 1.54) is 43.2 Å². The smallest absolute Gasteiger partial charge is 0.0183 e. The van der Waals surface area contributed by atoms with E-state index in [2.05, 4.69) is 60.7 Å². The largest absolute Gasteiger partial charge is 0.0622 e. The van der Waals surface area contributed by atoms with Crippen LogP contribution >= 0.6 is 0 Å². The van der Waals surface area contributed by atoms with E-state index in [0.29, 0.717) is 5.41 Å². The zero-order valence-electron chi connectivity index (χ0n) is 12.0. The Morgan fingerprint density at radius 2 is 1.25 bits per heavy atom. The van der Waals surface area contributed by atoms with Crippen LogP contribution in [0, 0.1) is 17.3 Å². The molecular weight excluding hydrogens is 240 g/mol. The molecule has 2 aromatic carbocycles. The maximum Gasteiger partial charge on any atom is -0.0183 e. The first-order valence-corrected chi connectivity index (χ1v) is 7.94. The van der Waals surface area contributed by atoms with Crippen LogP contribution in [0.4, 0.5) is 0 Å². The average Bonchev–Trinajstić information content (AvgIpc) is 3.37. The van der Waals surface area contributed by atoms with Gasteiger partial charge in [-0.05, 0) is 60.5 Å². The summed E-state index contributed by atoms with van der Waals surface area (Å²) in [5.74, 6) is 2.03. The third-order valence-corrected chi connectivity index (χ3v) is 5.24. The van der Waals surface area contributed by atoms with E-state index in [1.54, 1.807) is 0 Å². The summed E-state index contributed by atoms with van der Waals surface area (Å²) >= 11 is 0. The van der Waals surface area contributed by atoms with Gasteiger partial charge >= 0.3 is 0 Å². The second-order valence-electron chi connectivity index (χ2n) is 6.84. The summed E-state index contributed by atoms with van der Waals surface area (Å²) in [7, 11) is 0. The molecule has 1 unspecified atom stereocenters. The van der Waals surface area contributed by atoms with Crippen molar-refractivity contribution in [2.45, 2.75) is 32.1 Å². The molecule has 2 aromatic rings. The van der Waals surface area contributed by atoms with Crippen LogP contribution in [0.5, 0.6) is 0 Å². The van der Waals surface area contributed by atoms with Gasteiger partial charge in [0, 0.05) is 0 Å². The molecular formula is C20H22. The quantitative estimate of drug-likeness (QED) is 0.720. The van der Waals surface area contributed by atoms with Crippen molar-refractivity contribution >= 4 is 0 Å². The number of hydrogen-bond acceptors (Lipinski definition) is 0. The highest BCUT2D eigenvalue weighted by molar-refractivity contribution is 5.26. The Balaban J connectivity index is 1.56. The highest BCUT2D eigenvalue weighted by atomic mass is 14.6. The second kappa shape index (κ2) is 4.77. The van der Waals surface area contributed by atoms with Crippen LogP contribution in [-0.4, -0.2) is 0 Å². The normalized spacial score (nSPS) is 23.5. The molecule has 2 aliphatic carbocycles. The van der Waals surface area contributed by atoms with Crippen LogP contribution < -0.4 is 0 Å². The summed E-state index contributed by atoms with van der Waals surface area (Å²) in [6, 6.07) is 22.2. The molecule has 0 amide bonds. The van der Waals surface area contributed by atoms with Crippen molar-refractivity contribution in [3.8, 4) is 0 Å². The fourth-order valence-electron chi connectivity index (χ4n) is 4.02. The Bertz CT molecular complexity index is 524. The zero-order chi connectivity index (χ0) is 13.4. The van der Waals surface area contributed by atoms with Crippen LogP contribution in [-0.2, 0) is 12.8 Å². The van der Waals surface area contributed by atoms with Crippen LogP contribution in [0.1, 0.15) is 30.4 Å². The molecule has 20 heavy (non-hydrogen) atoms. The second-order valence-corrected chi connectivity index (χ2v) is 6.84. The Hall–Kier alpha value is -1.56. The lowest BCUT2D eigenvalue weighted by Gasteiger charge is -2.18. The Morgan fingerprint density at radius 1 is 0.750 bits per heavy atom. The molecule has 0 N–H and O–H groups in total. The summed E-state index contributed by atoms with van der Waals surface area (Å²) in [5, 5.41) is 0. The summed E-state index contributed by atoms with van der Waals surface area (Å²) in [5.41, 5.74) is 3.60. The molecule has 0 heterocycles. The fraction of sp³-hybridized carbons (Fsp3) is 0.400. The molecule has 2 aliphatic rings. The van der Waals surface area contributed by atoms with Crippen molar-refractivity contribution in [1.82, 2.24) is 0 Å². The lowest BCUT2D eigenvalue weighted by Crippen LogP contribution is -2.13. The minimum absolute atomic E-state index is 0.559. The first-order chi connectivity index (χ1) is 9.86. The van der Waals surface area contributed by atoms with Gasteiger partial charge in [0.2, 0.25) is 0 Å². The summed E-state index contributed by atoms with van der Waals surface area (Å²) in [6.45, 7) is 0. The summed E-state index contributed by atoms with van der Waals surface area (Å²) < 4.78 is 0. The molecule has 102 valence electrons. The standard InChI is InChI=1S/C20H22/c1-3-7-16(8-4-1)13-20(15-19(20)18-11-12-18)14-17-9-5-2-6-10-17/h1-10,18-19H,11-15H2. The zero-order valence-corrected chi connectivity index (χ0v) is 12.0. The van der Waals surface area contributed by atoms with E-state index in [1.807, 2.05) is 0 Å². The van der Waals surface area contributed by atoms with E-state index < -0.39 is 0 Å². The van der Waals surface area contributed by atoms with E-state index in [9.17, 15) is 0 Å². The molecule has 0 nitrogen and oxygen atoms in total. The third kappa shape index (κ3) is 2.40. The van der Waals surface area contributed by atoms with E-state index in [-0.39, 0.29) is 0 Å². The van der Waals surface area contributed by atoms with E-state index >= 15 is 0 Å². The molecule has 1 atom stereocenters. The molecule has 0 bridgehead atoms. The summed E-state index contributed by atoms with van der Waals surface area (Å²) in [4.78, 5) is 0. The van der Waals surface area contributed by atoms with Crippen molar-refractivity contribution in [2.75, 3.05) is 0 Å². The SMILES string of the molecule is c1ccc(CC2(Cc3ccccc3)CC2C2CC2)cc1. The molecule has 2 fully saturated rings. The van der Waals surface area contributed by atoms with Gasteiger partial charge < -0.3 is 0 Å². The van der Waals surface area contributed by atoms with Crippen LogP contribution in [0.3, 0.4) is 0 Å². The van der Waals surface area contributed by atoms with Gasteiger partial charge in [-0.1, -0.05) is 60.7 Å². The van der Waals surface area contributed by atoms with Crippen molar-refractivity contribution < 1.29 is 0 Å². The van der Waals surface area contributed by atoms with Crippen LogP contribution in [0.25, 0.3) is 0 Å². The van der Waals surface area contributed by atoms with Gasteiger partial charge in [-0.2, -0.15) is 0 Å². The fourth-order valence-corrected chi connectivity index (χ4v) is 4.02. The summed E-state index contributed by atoms with van der Waals surface area (Å²) in [6.07, 6.45) is 6.95. The molecule has 0 aromatic heterocycles. The van der Waals surface area contributed by atoms with Crippen molar-refractivity contribution in [3.05, 3.63) is 71.8 Å². The molecule has 4 rings (SSSR count). The predicted molar refractivity (Wildman–Crippen MR) is 83.6 cm³/mol. The Labute approximate surface area is 121 Å². The number of hydrogen-bond donors (Lipinski definition) is 0. The highest BCUT2D eigenvalue weighted by Gasteiger charge is 2.58. The van der Waals surface area contributed by atoms with Crippen molar-refractivity contribution in [1.29, 1.82) is 0 Å². The van der Waals surface area contributed by atoms with Crippen molar-refractivity contribution in [2.24, 2.45) is 17.3 Å². The van der Waals surface area contributed by atoms with Crippen molar-refractivity contribution in [3.63, 3.8) is 0 Å². The maximum absolute atomic E-state index is 2.30. The lowest BCUT2D eigenvalue weighted by atomic mass is 9.86. The molecule has 0 aliphatic heterocycles. The van der Waals surface area contributed by atoms with Gasteiger partial charge in [0.15, 0.2) is 0 Å². The average molecular weight is 262 g/mol. The van der Waals surface area contributed by atoms with Gasteiger partial charge in [0.25, 0.3) is 0 Å². The molecule has 0 radical (unpaired) electrons. The molecule has 0 saturated heterocycles. The maximum atomic E-state index is 2.30. The monoisotopic (exact) mass is 262 g/mol. The van der Waals surface area contributed by atoms with Gasteiger partial charge in [-0.3, -0.25) is 0 Å². The minimum atomic E-state index is 0.559. The number of benzene rings is 2. The van der Waals surface area contributed by atoms with Gasteiger partial charge in [0.05, 0.1) is 0 Å². The van der Waals surface area contributed by atoms with Gasteiger partial charge in [-0.15, -0.1) is 0 Å². The first kappa shape index (κ1) is 12.2. The van der Waals surface area contributed by atoms with Gasteiger partial charge in [0.1, 0.15) is 0 Å². The molecule has 0 spiro atoms. The molecule has 2 saturated carbocycles. The third-order valence-electron chi connectivity index (χ3n) is 5.24. The van der Waals surface area contributed by atoms with Crippen LogP contribution in [0.2, 0.25) is 0 Å². The highest BCUT2D eigenvalue weighted by Crippen LogP contribution is 2.65. The van der Waals surface area contributed by atoms with E-state index in [4.69, 9.17) is 0 Å². The van der Waals surface area contributed by atoms with E-state index in [0.717, 1.165) is 11.8 Å². The number of rotatable bonds is 5.